The van der Waals surface area contributed by atoms with Crippen molar-refractivity contribution in [1.82, 2.24) is 0 Å². The Balaban J connectivity index is 2.77. The lowest BCUT2D eigenvalue weighted by molar-refractivity contribution is -0.144. The fraction of sp³-hybridized carbons (Fsp3) is 0.800. The summed E-state index contributed by atoms with van der Waals surface area (Å²) >= 11 is 0. The summed E-state index contributed by atoms with van der Waals surface area (Å²) in [5.41, 5.74) is -0.502. The molecule has 1 rings (SSSR count). The van der Waals surface area contributed by atoms with Crippen molar-refractivity contribution in [2.24, 2.45) is 11.3 Å². The Bertz CT molecular complexity index is 231. The highest BCUT2D eigenvalue weighted by Crippen LogP contribution is 2.48. The van der Waals surface area contributed by atoms with Crippen LogP contribution >= 0.6 is 0 Å². The first-order valence-electron chi connectivity index (χ1n) is 4.90. The van der Waals surface area contributed by atoms with Crippen LogP contribution in [-0.4, -0.2) is 22.2 Å². The number of aliphatic carboxylic acids is 2. The van der Waals surface area contributed by atoms with Crippen LogP contribution in [0.25, 0.3) is 0 Å². The fourth-order valence-electron chi connectivity index (χ4n) is 2.50. The topological polar surface area (TPSA) is 74.6 Å². The quantitative estimate of drug-likeness (QED) is 0.724. The second kappa shape index (κ2) is 3.98. The normalized spacial score (nSPS) is 24.8. The molecule has 4 nitrogen and oxygen atoms in total. The van der Waals surface area contributed by atoms with Crippen molar-refractivity contribution in [3.8, 4) is 0 Å². The van der Waals surface area contributed by atoms with Crippen LogP contribution < -0.4 is 0 Å². The number of carboxylic acid groups (broad SMARTS) is 2. The molecule has 1 aliphatic rings. The Hall–Kier alpha value is -1.06. The maximum absolute atomic E-state index is 10.7. The molecular formula is C10H16O4. The molecule has 80 valence electrons. The fourth-order valence-corrected chi connectivity index (χ4v) is 2.50. The van der Waals surface area contributed by atoms with Gasteiger partial charge in [-0.25, -0.2) is 0 Å². The summed E-state index contributed by atoms with van der Waals surface area (Å²) in [6.07, 6.45) is 2.59. The molecule has 1 aliphatic carbocycles. The van der Waals surface area contributed by atoms with Gasteiger partial charge in [0.05, 0.1) is 12.8 Å². The monoisotopic (exact) mass is 200 g/mol. The summed E-state index contributed by atoms with van der Waals surface area (Å²) in [5.74, 6) is -1.57. The average Bonchev–Trinajstić information content (AvgIpc) is 2.29. The second-order valence-electron chi connectivity index (χ2n) is 4.30. The number of rotatable bonds is 4. The van der Waals surface area contributed by atoms with Crippen LogP contribution in [-0.2, 0) is 9.59 Å². The highest BCUT2D eigenvalue weighted by molar-refractivity contribution is 5.72. The highest BCUT2D eigenvalue weighted by Gasteiger charge is 2.43. The van der Waals surface area contributed by atoms with Crippen molar-refractivity contribution in [3.05, 3.63) is 0 Å². The lowest BCUT2D eigenvalue weighted by atomic mass is 9.73. The van der Waals surface area contributed by atoms with Crippen molar-refractivity contribution in [2.75, 3.05) is 0 Å². The number of carboxylic acids is 2. The van der Waals surface area contributed by atoms with Crippen LogP contribution in [0.15, 0.2) is 0 Å². The van der Waals surface area contributed by atoms with Crippen molar-refractivity contribution < 1.29 is 19.8 Å². The predicted octanol–water partition coefficient (Wildman–Crippen LogP) is 1.74. The Morgan fingerprint density at radius 2 is 1.79 bits per heavy atom. The SMILES string of the molecule is CC1CCCC1(CC(=O)O)CC(=O)O. The van der Waals surface area contributed by atoms with E-state index in [4.69, 9.17) is 10.2 Å². The van der Waals surface area contributed by atoms with Gasteiger partial charge in [0.2, 0.25) is 0 Å². The first-order valence-corrected chi connectivity index (χ1v) is 4.90. The Labute approximate surface area is 82.9 Å². The molecule has 1 saturated carbocycles. The second-order valence-corrected chi connectivity index (χ2v) is 4.30. The van der Waals surface area contributed by atoms with Gasteiger partial charge in [0.1, 0.15) is 0 Å². The van der Waals surface area contributed by atoms with Gasteiger partial charge in [-0.2, -0.15) is 0 Å². The lowest BCUT2D eigenvalue weighted by Gasteiger charge is -2.30. The minimum atomic E-state index is -0.889. The van der Waals surface area contributed by atoms with E-state index in [-0.39, 0.29) is 18.8 Å². The van der Waals surface area contributed by atoms with E-state index < -0.39 is 17.4 Å². The molecule has 0 bridgehead atoms. The van der Waals surface area contributed by atoms with Crippen LogP contribution in [0.2, 0.25) is 0 Å². The highest BCUT2D eigenvalue weighted by atomic mass is 16.4. The molecule has 0 aliphatic heterocycles. The van der Waals surface area contributed by atoms with E-state index in [9.17, 15) is 9.59 Å². The molecule has 14 heavy (non-hydrogen) atoms. The third kappa shape index (κ3) is 2.25. The molecule has 0 aromatic rings. The molecular weight excluding hydrogens is 184 g/mol. The predicted molar refractivity (Wildman–Crippen MR) is 50.0 cm³/mol. The third-order valence-electron chi connectivity index (χ3n) is 3.36. The van der Waals surface area contributed by atoms with Crippen LogP contribution in [0, 0.1) is 11.3 Å². The van der Waals surface area contributed by atoms with Crippen LogP contribution in [0.4, 0.5) is 0 Å². The summed E-state index contributed by atoms with van der Waals surface area (Å²) in [4.78, 5) is 21.4. The van der Waals surface area contributed by atoms with Crippen molar-refractivity contribution in [2.45, 2.75) is 39.0 Å². The molecule has 0 heterocycles. The van der Waals surface area contributed by atoms with Gasteiger partial charge in [-0.05, 0) is 17.8 Å². The van der Waals surface area contributed by atoms with Gasteiger partial charge in [-0.15, -0.1) is 0 Å². The molecule has 0 aromatic heterocycles. The van der Waals surface area contributed by atoms with Gasteiger partial charge < -0.3 is 10.2 Å². The molecule has 0 aromatic carbocycles. The van der Waals surface area contributed by atoms with E-state index in [1.54, 1.807) is 0 Å². The number of carbonyl (C=O) groups is 2. The molecule has 1 atom stereocenters. The first-order chi connectivity index (χ1) is 6.46. The zero-order valence-corrected chi connectivity index (χ0v) is 8.32. The Morgan fingerprint density at radius 3 is 2.07 bits per heavy atom. The molecule has 2 N–H and O–H groups in total. The number of hydrogen-bond acceptors (Lipinski definition) is 2. The van der Waals surface area contributed by atoms with Crippen molar-refractivity contribution in [3.63, 3.8) is 0 Å². The summed E-state index contributed by atoms with van der Waals surface area (Å²) in [7, 11) is 0. The molecule has 0 spiro atoms. The zero-order chi connectivity index (χ0) is 10.8. The van der Waals surface area contributed by atoms with E-state index in [0.717, 1.165) is 19.3 Å². The maximum atomic E-state index is 10.7. The standard InChI is InChI=1S/C10H16O4/c1-7-3-2-4-10(7,5-8(11)12)6-9(13)14/h7H,2-6H2,1H3,(H,11,12)(H,13,14). The van der Waals surface area contributed by atoms with Crippen molar-refractivity contribution in [1.29, 1.82) is 0 Å². The van der Waals surface area contributed by atoms with Gasteiger partial charge >= 0.3 is 11.9 Å². The van der Waals surface area contributed by atoms with Gasteiger partial charge in [0.15, 0.2) is 0 Å². The van der Waals surface area contributed by atoms with Crippen LogP contribution in [0.3, 0.4) is 0 Å². The minimum Gasteiger partial charge on any atom is -0.481 e. The van der Waals surface area contributed by atoms with E-state index in [1.165, 1.54) is 0 Å². The summed E-state index contributed by atoms with van der Waals surface area (Å²) in [6.45, 7) is 1.96. The van der Waals surface area contributed by atoms with Crippen molar-refractivity contribution >= 4 is 11.9 Å². The largest absolute Gasteiger partial charge is 0.481 e. The Morgan fingerprint density at radius 1 is 1.29 bits per heavy atom. The molecule has 0 saturated heterocycles. The molecule has 1 fully saturated rings. The molecule has 0 radical (unpaired) electrons. The van der Waals surface area contributed by atoms with Crippen LogP contribution in [0.5, 0.6) is 0 Å². The molecule has 1 unspecified atom stereocenters. The van der Waals surface area contributed by atoms with Gasteiger partial charge in [0.25, 0.3) is 0 Å². The third-order valence-corrected chi connectivity index (χ3v) is 3.36. The summed E-state index contributed by atoms with van der Waals surface area (Å²) in [5, 5.41) is 17.6. The summed E-state index contributed by atoms with van der Waals surface area (Å²) < 4.78 is 0. The number of hydrogen-bond donors (Lipinski definition) is 2. The smallest absolute Gasteiger partial charge is 0.303 e. The van der Waals surface area contributed by atoms with E-state index in [1.807, 2.05) is 6.92 Å². The van der Waals surface area contributed by atoms with Crippen LogP contribution in [0.1, 0.15) is 39.0 Å². The van der Waals surface area contributed by atoms with E-state index >= 15 is 0 Å². The zero-order valence-electron chi connectivity index (χ0n) is 8.32. The lowest BCUT2D eigenvalue weighted by Crippen LogP contribution is -2.30. The van der Waals surface area contributed by atoms with Gasteiger partial charge in [-0.3, -0.25) is 9.59 Å². The minimum absolute atomic E-state index is 0.0134. The van der Waals surface area contributed by atoms with Gasteiger partial charge in [0, 0.05) is 0 Å². The van der Waals surface area contributed by atoms with E-state index in [2.05, 4.69) is 0 Å². The van der Waals surface area contributed by atoms with Gasteiger partial charge in [-0.1, -0.05) is 19.8 Å². The maximum Gasteiger partial charge on any atom is 0.303 e. The average molecular weight is 200 g/mol. The molecule has 0 amide bonds. The Kier molecular flexibility index (Phi) is 3.13. The molecule has 4 heteroatoms. The van der Waals surface area contributed by atoms with E-state index in [0.29, 0.717) is 0 Å². The summed E-state index contributed by atoms with van der Waals surface area (Å²) in [6, 6.07) is 0. The first kappa shape index (κ1) is 11.0.